The minimum Gasteiger partial charge on any atom is -0.508 e. The first-order valence-electron chi connectivity index (χ1n) is 13.8. The van der Waals surface area contributed by atoms with Crippen molar-refractivity contribution < 1.29 is 36.4 Å². The Labute approximate surface area is 235 Å². The van der Waals surface area contributed by atoms with Gasteiger partial charge in [0.2, 0.25) is 0 Å². The van der Waals surface area contributed by atoms with Gasteiger partial charge >= 0.3 is 12.1 Å². The second kappa shape index (κ2) is 15.0. The highest BCUT2D eigenvalue weighted by atomic mass is 32.2. The summed E-state index contributed by atoms with van der Waals surface area (Å²) in [6.45, 7) is 1.38. The molecular formula is C30H38F5NO3S. The van der Waals surface area contributed by atoms with Gasteiger partial charge in [-0.05, 0) is 117 Å². The molecule has 2 aromatic carbocycles. The Balaban J connectivity index is 1.41. The van der Waals surface area contributed by atoms with E-state index in [0.717, 1.165) is 68.2 Å². The van der Waals surface area contributed by atoms with E-state index in [1.165, 1.54) is 11.1 Å². The molecule has 4 nitrogen and oxygen atoms in total. The van der Waals surface area contributed by atoms with Gasteiger partial charge < -0.3 is 15.5 Å². The van der Waals surface area contributed by atoms with Gasteiger partial charge in [0.15, 0.2) is 0 Å². The van der Waals surface area contributed by atoms with Gasteiger partial charge in [-0.1, -0.05) is 24.6 Å². The van der Waals surface area contributed by atoms with Crippen LogP contribution in [0.2, 0.25) is 0 Å². The SMILES string of the molecule is O=S(CCCNCCCCCC1=C(c2cccc(O)c2)CCCc2cc(O)ccc21)CCCC(F)(F)C(F)(F)F. The Kier molecular flexibility index (Phi) is 12.0. The molecule has 3 N–H and O–H groups in total. The maximum atomic E-state index is 12.9. The second-order valence-corrected chi connectivity index (χ2v) is 12.0. The van der Waals surface area contributed by atoms with E-state index >= 15 is 0 Å². The lowest BCUT2D eigenvalue weighted by atomic mass is 9.89. The summed E-state index contributed by atoms with van der Waals surface area (Å²) in [4.78, 5) is 0. The molecule has 222 valence electrons. The summed E-state index contributed by atoms with van der Waals surface area (Å²) in [6.07, 6.45) is -0.279. The number of nitrogens with one attached hydrogen (secondary N) is 1. The first kappa shape index (κ1) is 32.1. The van der Waals surface area contributed by atoms with Gasteiger partial charge in [0.25, 0.3) is 0 Å². The van der Waals surface area contributed by atoms with Crippen molar-refractivity contribution >= 4 is 21.9 Å². The third-order valence-corrected chi connectivity index (χ3v) is 8.62. The molecule has 0 radical (unpaired) electrons. The molecule has 0 amide bonds. The minimum atomic E-state index is -5.56. The zero-order valence-corrected chi connectivity index (χ0v) is 23.4. The lowest BCUT2D eigenvalue weighted by molar-refractivity contribution is -0.284. The molecule has 1 unspecified atom stereocenters. The number of halogens is 5. The molecule has 0 aliphatic heterocycles. The van der Waals surface area contributed by atoms with Crippen LogP contribution in [0.3, 0.4) is 0 Å². The molecule has 10 heteroatoms. The number of benzene rings is 2. The molecule has 0 fully saturated rings. The number of aryl methyl sites for hydroxylation is 1. The van der Waals surface area contributed by atoms with Crippen molar-refractivity contribution in [3.63, 3.8) is 0 Å². The van der Waals surface area contributed by atoms with Crippen molar-refractivity contribution in [1.29, 1.82) is 0 Å². The molecule has 1 atom stereocenters. The van der Waals surface area contributed by atoms with E-state index in [0.29, 0.717) is 13.0 Å². The van der Waals surface area contributed by atoms with Crippen LogP contribution in [0.15, 0.2) is 42.5 Å². The quantitative estimate of drug-likeness (QED) is 0.148. The van der Waals surface area contributed by atoms with Crippen LogP contribution in [0.4, 0.5) is 22.0 Å². The van der Waals surface area contributed by atoms with Crippen molar-refractivity contribution in [3.8, 4) is 11.5 Å². The molecule has 1 aliphatic carbocycles. The predicted octanol–water partition coefficient (Wildman–Crippen LogP) is 7.61. The van der Waals surface area contributed by atoms with E-state index in [4.69, 9.17) is 0 Å². The summed E-state index contributed by atoms with van der Waals surface area (Å²) in [7, 11) is -1.41. The molecule has 2 aromatic rings. The van der Waals surface area contributed by atoms with Gasteiger partial charge in [0.1, 0.15) is 11.5 Å². The Morgan fingerprint density at radius 3 is 2.30 bits per heavy atom. The second-order valence-electron chi connectivity index (χ2n) is 10.3. The van der Waals surface area contributed by atoms with Crippen LogP contribution in [-0.2, 0) is 17.2 Å². The molecule has 0 heterocycles. The molecule has 0 spiro atoms. The van der Waals surface area contributed by atoms with Gasteiger partial charge in [0.05, 0.1) is 0 Å². The third kappa shape index (κ3) is 9.58. The van der Waals surface area contributed by atoms with Crippen molar-refractivity contribution in [2.75, 3.05) is 24.6 Å². The summed E-state index contributed by atoms with van der Waals surface area (Å²) >= 11 is 0. The van der Waals surface area contributed by atoms with Crippen molar-refractivity contribution in [3.05, 3.63) is 59.2 Å². The van der Waals surface area contributed by atoms with Gasteiger partial charge in [-0.2, -0.15) is 22.0 Å². The Hall–Kier alpha value is -2.46. The van der Waals surface area contributed by atoms with Gasteiger partial charge in [-0.25, -0.2) is 0 Å². The molecule has 40 heavy (non-hydrogen) atoms. The molecule has 0 aromatic heterocycles. The van der Waals surface area contributed by atoms with Crippen LogP contribution in [-0.4, -0.2) is 51.1 Å². The number of alkyl halides is 5. The minimum absolute atomic E-state index is 0.158. The number of phenols is 2. The molecule has 0 saturated carbocycles. The Morgan fingerprint density at radius 2 is 1.55 bits per heavy atom. The standard InChI is InChI=1S/C30H38F5NO3S/c31-29(32,30(33,34)35)15-6-18-40(39)19-7-17-36-16-3-1-2-11-28-26(22-8-4-10-24(37)20-22)12-5-9-23-21-25(38)13-14-27(23)28/h4,8,10,13-14,20-21,36-38H,1-3,5-7,9,11-12,15-19H2. The largest absolute Gasteiger partial charge is 0.508 e. The Bertz CT molecular complexity index is 1170. The molecule has 1 aliphatic rings. The number of hydrogen-bond donors (Lipinski definition) is 3. The lowest BCUT2D eigenvalue weighted by Gasteiger charge is -2.19. The highest BCUT2D eigenvalue weighted by Gasteiger charge is 2.56. The van der Waals surface area contributed by atoms with Crippen LogP contribution in [0.5, 0.6) is 11.5 Å². The van der Waals surface area contributed by atoms with Crippen molar-refractivity contribution in [1.82, 2.24) is 5.32 Å². The maximum absolute atomic E-state index is 12.9. The van der Waals surface area contributed by atoms with E-state index in [-0.39, 0.29) is 23.0 Å². The van der Waals surface area contributed by atoms with Crippen LogP contribution in [0.25, 0.3) is 11.1 Å². The summed E-state index contributed by atoms with van der Waals surface area (Å²) < 4.78 is 74.3. The smallest absolute Gasteiger partial charge is 0.453 e. The first-order chi connectivity index (χ1) is 19.0. The predicted molar refractivity (Wildman–Crippen MR) is 150 cm³/mol. The third-order valence-electron chi connectivity index (χ3n) is 7.13. The normalized spacial score (nSPS) is 15.1. The fourth-order valence-electron chi connectivity index (χ4n) is 5.06. The topological polar surface area (TPSA) is 69.6 Å². The fraction of sp³-hybridized carbons (Fsp3) is 0.533. The van der Waals surface area contributed by atoms with Gasteiger partial charge in [0, 0.05) is 28.7 Å². The molecule has 0 bridgehead atoms. The molecular weight excluding hydrogens is 549 g/mol. The lowest BCUT2D eigenvalue weighted by Crippen LogP contribution is -2.36. The number of unbranched alkanes of at least 4 members (excludes halogenated alkanes) is 2. The molecule has 0 saturated heterocycles. The highest BCUT2D eigenvalue weighted by molar-refractivity contribution is 7.84. The maximum Gasteiger partial charge on any atom is 0.453 e. The van der Waals surface area contributed by atoms with Crippen molar-refractivity contribution in [2.45, 2.75) is 76.3 Å². The number of aromatic hydroxyl groups is 2. The average molecular weight is 588 g/mol. The first-order valence-corrected chi connectivity index (χ1v) is 15.3. The number of rotatable bonds is 15. The fourth-order valence-corrected chi connectivity index (χ4v) is 6.20. The van der Waals surface area contributed by atoms with E-state index in [1.54, 1.807) is 18.2 Å². The van der Waals surface area contributed by atoms with Crippen LogP contribution < -0.4 is 5.32 Å². The number of hydrogen-bond acceptors (Lipinski definition) is 4. The van der Waals surface area contributed by atoms with Gasteiger partial charge in [-0.15, -0.1) is 0 Å². The summed E-state index contributed by atoms with van der Waals surface area (Å²) in [5.74, 6) is -4.13. The van der Waals surface area contributed by atoms with Crippen LogP contribution in [0, 0.1) is 0 Å². The van der Waals surface area contributed by atoms with E-state index in [2.05, 4.69) is 5.32 Å². The summed E-state index contributed by atoms with van der Waals surface area (Å²) in [5.41, 5.74) is 5.79. The average Bonchev–Trinajstić information content (AvgIpc) is 3.05. The zero-order chi connectivity index (χ0) is 29.2. The number of phenolic OH excluding ortho intramolecular Hbond substituents is 2. The van der Waals surface area contributed by atoms with Gasteiger partial charge in [-0.3, -0.25) is 4.21 Å². The zero-order valence-electron chi connectivity index (χ0n) is 22.5. The van der Waals surface area contributed by atoms with E-state index in [9.17, 15) is 36.4 Å². The van der Waals surface area contributed by atoms with Crippen molar-refractivity contribution in [2.24, 2.45) is 0 Å². The summed E-state index contributed by atoms with van der Waals surface area (Å²) in [5, 5.41) is 23.3. The van der Waals surface area contributed by atoms with E-state index < -0.39 is 35.7 Å². The number of allylic oxidation sites excluding steroid dienone is 2. The Morgan fingerprint density at radius 1 is 0.825 bits per heavy atom. The monoisotopic (exact) mass is 587 g/mol. The van der Waals surface area contributed by atoms with Crippen LogP contribution in [0.1, 0.15) is 74.5 Å². The number of fused-ring (bicyclic) bond motifs is 1. The van der Waals surface area contributed by atoms with E-state index in [1.807, 2.05) is 24.3 Å². The molecule has 3 rings (SSSR count). The van der Waals surface area contributed by atoms with Crippen LogP contribution >= 0.6 is 0 Å². The highest BCUT2D eigenvalue weighted by Crippen LogP contribution is 2.40. The summed E-state index contributed by atoms with van der Waals surface area (Å²) in [6, 6.07) is 12.9.